The molecule has 3 rings (SSSR count). The number of ether oxygens (including phenoxy) is 1. The minimum Gasteiger partial charge on any atom is -0.438 e. The quantitative estimate of drug-likeness (QED) is 0.771. The molecular weight excluding hydrogens is 273 g/mol. The molecule has 2 N–H and O–H groups in total. The zero-order valence-electron chi connectivity index (χ0n) is 11.6. The number of hydrogen-bond donors (Lipinski definition) is 2. The molecule has 0 saturated carbocycles. The van der Waals surface area contributed by atoms with Gasteiger partial charge in [-0.05, 0) is 25.5 Å². The number of hydrogen-bond acceptors (Lipinski definition) is 5. The van der Waals surface area contributed by atoms with Crippen molar-refractivity contribution in [3.63, 3.8) is 0 Å². The summed E-state index contributed by atoms with van der Waals surface area (Å²) in [6.07, 6.45) is 1.58. The van der Waals surface area contributed by atoms with Crippen LogP contribution in [0, 0.1) is 12.7 Å². The maximum atomic E-state index is 13.4. The summed E-state index contributed by atoms with van der Waals surface area (Å²) in [5.41, 5.74) is 1.38. The van der Waals surface area contributed by atoms with Crippen molar-refractivity contribution in [3.8, 4) is 11.6 Å². The fraction of sp³-hybridized carbons (Fsp3) is 0.214. The molecule has 0 amide bonds. The Labute approximate surface area is 120 Å². The number of halogens is 1. The lowest BCUT2D eigenvalue weighted by molar-refractivity contribution is 0.460. The Bertz CT molecular complexity index is 786. The molecule has 3 aromatic rings. The van der Waals surface area contributed by atoms with Crippen molar-refractivity contribution in [1.82, 2.24) is 20.2 Å². The third-order valence-corrected chi connectivity index (χ3v) is 2.97. The largest absolute Gasteiger partial charge is 0.438 e. The summed E-state index contributed by atoms with van der Waals surface area (Å²) in [5, 5.41) is 10.4. The van der Waals surface area contributed by atoms with E-state index in [4.69, 9.17) is 4.74 Å². The van der Waals surface area contributed by atoms with Crippen LogP contribution in [0.4, 0.5) is 10.3 Å². The fourth-order valence-electron chi connectivity index (χ4n) is 1.91. The van der Waals surface area contributed by atoms with Crippen LogP contribution in [0.3, 0.4) is 0 Å². The Balaban J connectivity index is 2.06. The smallest absolute Gasteiger partial charge is 0.235 e. The van der Waals surface area contributed by atoms with E-state index in [9.17, 15) is 4.39 Å². The number of nitrogens with zero attached hydrogens (tertiary/aromatic N) is 3. The summed E-state index contributed by atoms with van der Waals surface area (Å²) >= 11 is 0. The lowest BCUT2D eigenvalue weighted by Crippen LogP contribution is -2.03. The molecule has 0 fully saturated rings. The Morgan fingerprint density at radius 1 is 1.33 bits per heavy atom. The van der Waals surface area contributed by atoms with E-state index in [0.717, 1.165) is 5.56 Å². The molecule has 0 aliphatic carbocycles. The SMILES string of the molecule is CCNc1nc(Oc2cc(F)ccc2C)c2cn[nH]c2n1. The van der Waals surface area contributed by atoms with E-state index < -0.39 is 0 Å². The van der Waals surface area contributed by atoms with Crippen molar-refractivity contribution in [3.05, 3.63) is 35.8 Å². The van der Waals surface area contributed by atoms with Gasteiger partial charge in [-0.25, -0.2) is 4.39 Å². The van der Waals surface area contributed by atoms with Gasteiger partial charge in [-0.1, -0.05) is 6.07 Å². The highest BCUT2D eigenvalue weighted by atomic mass is 19.1. The van der Waals surface area contributed by atoms with Crippen LogP contribution < -0.4 is 10.1 Å². The first-order valence-electron chi connectivity index (χ1n) is 6.56. The first-order chi connectivity index (χ1) is 10.2. The number of rotatable bonds is 4. The molecule has 0 atom stereocenters. The van der Waals surface area contributed by atoms with Gasteiger partial charge in [0.05, 0.1) is 6.20 Å². The Hall–Kier alpha value is -2.70. The highest BCUT2D eigenvalue weighted by Crippen LogP contribution is 2.29. The zero-order chi connectivity index (χ0) is 14.8. The molecule has 7 heteroatoms. The van der Waals surface area contributed by atoms with Gasteiger partial charge in [0.25, 0.3) is 0 Å². The van der Waals surface area contributed by atoms with Gasteiger partial charge >= 0.3 is 0 Å². The number of benzene rings is 1. The van der Waals surface area contributed by atoms with Gasteiger partial charge < -0.3 is 10.1 Å². The van der Waals surface area contributed by atoms with Gasteiger partial charge in [0.15, 0.2) is 5.65 Å². The van der Waals surface area contributed by atoms with E-state index in [1.54, 1.807) is 12.3 Å². The van der Waals surface area contributed by atoms with Crippen LogP contribution in [-0.2, 0) is 0 Å². The number of aromatic nitrogens is 4. The molecule has 0 aliphatic heterocycles. The number of fused-ring (bicyclic) bond motifs is 1. The first kappa shape index (κ1) is 13.3. The average Bonchev–Trinajstić information content (AvgIpc) is 2.92. The summed E-state index contributed by atoms with van der Waals surface area (Å²) in [6.45, 7) is 4.46. The summed E-state index contributed by atoms with van der Waals surface area (Å²) in [5.74, 6) is 0.815. The Morgan fingerprint density at radius 3 is 3.00 bits per heavy atom. The van der Waals surface area contributed by atoms with Crippen molar-refractivity contribution in [2.45, 2.75) is 13.8 Å². The second kappa shape index (κ2) is 5.35. The van der Waals surface area contributed by atoms with Crippen LogP contribution in [0.1, 0.15) is 12.5 Å². The van der Waals surface area contributed by atoms with Crippen LogP contribution >= 0.6 is 0 Å². The van der Waals surface area contributed by atoms with Gasteiger partial charge in [0.1, 0.15) is 17.0 Å². The van der Waals surface area contributed by atoms with E-state index in [1.807, 2.05) is 13.8 Å². The fourth-order valence-corrected chi connectivity index (χ4v) is 1.91. The maximum Gasteiger partial charge on any atom is 0.235 e. The van der Waals surface area contributed by atoms with Crippen molar-refractivity contribution in [2.75, 3.05) is 11.9 Å². The minimum absolute atomic E-state index is 0.332. The number of anilines is 1. The van der Waals surface area contributed by atoms with Crippen molar-refractivity contribution < 1.29 is 9.13 Å². The van der Waals surface area contributed by atoms with E-state index in [0.29, 0.717) is 35.2 Å². The van der Waals surface area contributed by atoms with Gasteiger partial charge in [-0.15, -0.1) is 0 Å². The molecule has 0 bridgehead atoms. The topological polar surface area (TPSA) is 75.7 Å². The van der Waals surface area contributed by atoms with E-state index in [1.165, 1.54) is 12.1 Å². The Kier molecular flexibility index (Phi) is 3.39. The van der Waals surface area contributed by atoms with E-state index in [-0.39, 0.29) is 5.82 Å². The van der Waals surface area contributed by atoms with E-state index in [2.05, 4.69) is 25.5 Å². The van der Waals surface area contributed by atoms with Crippen LogP contribution in [-0.4, -0.2) is 26.7 Å². The van der Waals surface area contributed by atoms with Gasteiger partial charge in [-0.3, -0.25) is 5.10 Å². The van der Waals surface area contributed by atoms with Gasteiger partial charge in [0.2, 0.25) is 11.8 Å². The van der Waals surface area contributed by atoms with Crippen LogP contribution in [0.5, 0.6) is 11.6 Å². The first-order valence-corrected chi connectivity index (χ1v) is 6.56. The third kappa shape index (κ3) is 2.62. The molecule has 2 aromatic heterocycles. The third-order valence-electron chi connectivity index (χ3n) is 2.97. The number of nitrogens with one attached hydrogen (secondary N) is 2. The second-order valence-electron chi connectivity index (χ2n) is 4.53. The molecule has 108 valence electrons. The van der Waals surface area contributed by atoms with E-state index >= 15 is 0 Å². The van der Waals surface area contributed by atoms with Crippen molar-refractivity contribution in [2.24, 2.45) is 0 Å². The number of aryl methyl sites for hydroxylation is 1. The summed E-state index contributed by atoms with van der Waals surface area (Å²) in [6, 6.07) is 4.37. The normalized spacial score (nSPS) is 10.8. The monoisotopic (exact) mass is 287 g/mol. The molecule has 0 unspecified atom stereocenters. The van der Waals surface area contributed by atoms with Gasteiger partial charge in [-0.2, -0.15) is 15.1 Å². The zero-order valence-corrected chi connectivity index (χ0v) is 11.6. The molecule has 21 heavy (non-hydrogen) atoms. The second-order valence-corrected chi connectivity index (χ2v) is 4.53. The molecule has 0 spiro atoms. The Morgan fingerprint density at radius 2 is 2.19 bits per heavy atom. The lowest BCUT2D eigenvalue weighted by Gasteiger charge is -2.10. The average molecular weight is 287 g/mol. The molecule has 0 saturated heterocycles. The lowest BCUT2D eigenvalue weighted by atomic mass is 10.2. The van der Waals surface area contributed by atoms with Crippen molar-refractivity contribution in [1.29, 1.82) is 0 Å². The van der Waals surface area contributed by atoms with Gasteiger partial charge in [0, 0.05) is 12.6 Å². The number of aromatic amines is 1. The maximum absolute atomic E-state index is 13.4. The summed E-state index contributed by atoms with van der Waals surface area (Å²) < 4.78 is 19.1. The number of H-pyrrole nitrogens is 1. The molecular formula is C14H14FN5O. The molecule has 2 heterocycles. The molecule has 1 aromatic carbocycles. The molecule has 0 aliphatic rings. The summed E-state index contributed by atoms with van der Waals surface area (Å²) in [7, 11) is 0. The predicted molar refractivity (Wildman–Crippen MR) is 77.1 cm³/mol. The highest BCUT2D eigenvalue weighted by molar-refractivity contribution is 5.81. The van der Waals surface area contributed by atoms with Crippen molar-refractivity contribution >= 4 is 17.0 Å². The standard InChI is InChI=1S/C14H14FN5O/c1-3-16-14-18-12-10(7-17-20-12)13(19-14)21-11-6-9(15)5-4-8(11)2/h4-7H,3H2,1-2H3,(H2,16,17,18,19,20). The summed E-state index contributed by atoms with van der Waals surface area (Å²) in [4.78, 5) is 8.57. The molecule has 6 nitrogen and oxygen atoms in total. The highest BCUT2D eigenvalue weighted by Gasteiger charge is 2.13. The predicted octanol–water partition coefficient (Wildman–Crippen LogP) is 3.02. The van der Waals surface area contributed by atoms with Crippen LogP contribution in [0.15, 0.2) is 24.4 Å². The van der Waals surface area contributed by atoms with Crippen LogP contribution in [0.2, 0.25) is 0 Å². The van der Waals surface area contributed by atoms with Crippen LogP contribution in [0.25, 0.3) is 11.0 Å². The minimum atomic E-state index is -0.361. The molecule has 0 radical (unpaired) electrons.